The van der Waals surface area contributed by atoms with Crippen LogP contribution in [0, 0.1) is 0 Å². The molecule has 3 atom stereocenters. The molecule has 3 N–H and O–H groups in total. The molecule has 0 heterocycles. The predicted octanol–water partition coefficient (Wildman–Crippen LogP) is 2.87. The summed E-state index contributed by atoms with van der Waals surface area (Å²) >= 11 is 0. The summed E-state index contributed by atoms with van der Waals surface area (Å²) in [6, 6.07) is 0. The lowest BCUT2D eigenvalue weighted by Gasteiger charge is -2.20. The summed E-state index contributed by atoms with van der Waals surface area (Å²) < 4.78 is 31.4. The molecule has 0 aliphatic heterocycles. The number of hydrogen-bond donors (Lipinski definition) is 3. The number of aliphatic hydroxyl groups excluding tert-OH is 2. The molecule has 3 unspecified atom stereocenters. The van der Waals surface area contributed by atoms with Crippen LogP contribution in [0.25, 0.3) is 0 Å². The number of phosphoric ester groups is 1. The van der Waals surface area contributed by atoms with Crippen LogP contribution in [0.5, 0.6) is 0 Å². The van der Waals surface area contributed by atoms with Crippen molar-refractivity contribution < 1.29 is 47.8 Å². The molecule has 0 spiro atoms. The second-order valence-corrected chi connectivity index (χ2v) is 8.72. The number of unbranched alkanes of at least 4 members (excludes halogenated alkanes) is 6. The fourth-order valence-electron chi connectivity index (χ4n) is 2.50. The van der Waals surface area contributed by atoms with Gasteiger partial charge in [-0.15, -0.1) is 0 Å². The molecule has 0 saturated heterocycles. The highest BCUT2D eigenvalue weighted by atomic mass is 31.2. The van der Waals surface area contributed by atoms with Crippen LogP contribution in [0.1, 0.15) is 78.1 Å². The first-order chi connectivity index (χ1) is 14.8. The molecule has 0 rings (SSSR count). The van der Waals surface area contributed by atoms with E-state index in [9.17, 15) is 29.3 Å². The fourth-order valence-corrected chi connectivity index (χ4v) is 3.28. The Kier molecular flexibility index (Phi) is 17.9. The van der Waals surface area contributed by atoms with Crippen molar-refractivity contribution in [2.24, 2.45) is 0 Å². The van der Waals surface area contributed by atoms with E-state index in [-0.39, 0.29) is 12.8 Å². The highest BCUT2D eigenvalue weighted by Gasteiger charge is 2.27. The van der Waals surface area contributed by atoms with Crippen LogP contribution in [0.4, 0.5) is 0 Å². The van der Waals surface area contributed by atoms with Crippen LogP contribution < -0.4 is 0 Å². The SMILES string of the molecule is CCCCCCCCC(=O)OC(CO)COP(=O)(O)OCC(CO)OC(=O)CCCC. The molecule has 0 bridgehead atoms. The minimum atomic E-state index is -4.58. The van der Waals surface area contributed by atoms with Gasteiger partial charge in [-0.25, -0.2) is 4.57 Å². The summed E-state index contributed by atoms with van der Waals surface area (Å²) in [5.41, 5.74) is 0. The first kappa shape index (κ1) is 30.0. The van der Waals surface area contributed by atoms with Gasteiger partial charge in [-0.2, -0.15) is 0 Å². The van der Waals surface area contributed by atoms with Gasteiger partial charge >= 0.3 is 19.8 Å². The Bertz CT molecular complexity index is 528. The van der Waals surface area contributed by atoms with E-state index in [1.54, 1.807) is 0 Å². The van der Waals surface area contributed by atoms with Crippen molar-refractivity contribution in [1.29, 1.82) is 0 Å². The Morgan fingerprint density at radius 3 is 1.61 bits per heavy atom. The molecule has 0 aromatic rings. The van der Waals surface area contributed by atoms with Gasteiger partial charge in [0.25, 0.3) is 0 Å². The Morgan fingerprint density at radius 1 is 0.742 bits per heavy atom. The predicted molar refractivity (Wildman–Crippen MR) is 113 cm³/mol. The van der Waals surface area contributed by atoms with Crippen LogP contribution in [-0.2, 0) is 32.7 Å². The van der Waals surface area contributed by atoms with Crippen molar-refractivity contribution in [1.82, 2.24) is 0 Å². The van der Waals surface area contributed by atoms with Crippen molar-refractivity contribution in [2.75, 3.05) is 26.4 Å². The molecule has 11 heteroatoms. The van der Waals surface area contributed by atoms with E-state index in [4.69, 9.17) is 18.5 Å². The van der Waals surface area contributed by atoms with Crippen molar-refractivity contribution >= 4 is 19.8 Å². The van der Waals surface area contributed by atoms with Gasteiger partial charge in [0.15, 0.2) is 0 Å². The van der Waals surface area contributed by atoms with Gasteiger partial charge < -0.3 is 24.6 Å². The third kappa shape index (κ3) is 17.2. The van der Waals surface area contributed by atoms with Gasteiger partial charge in [-0.05, 0) is 12.8 Å². The molecule has 0 aromatic heterocycles. The van der Waals surface area contributed by atoms with E-state index in [1.165, 1.54) is 0 Å². The van der Waals surface area contributed by atoms with Gasteiger partial charge in [-0.1, -0.05) is 52.4 Å². The monoisotopic (exact) mass is 470 g/mol. The number of hydrogen-bond acceptors (Lipinski definition) is 9. The Labute approximate surface area is 184 Å². The molecular weight excluding hydrogens is 431 g/mol. The number of carbonyl (C=O) groups excluding carboxylic acids is 2. The summed E-state index contributed by atoms with van der Waals surface area (Å²) in [6.07, 6.45) is 5.61. The molecule has 0 amide bonds. The Morgan fingerprint density at radius 2 is 1.16 bits per heavy atom. The third-order valence-electron chi connectivity index (χ3n) is 4.32. The molecule has 0 aliphatic rings. The largest absolute Gasteiger partial charge is 0.472 e. The average molecular weight is 470 g/mol. The van der Waals surface area contributed by atoms with Crippen molar-refractivity contribution in [3.8, 4) is 0 Å². The summed E-state index contributed by atoms with van der Waals surface area (Å²) in [5.74, 6) is -1.07. The second-order valence-electron chi connectivity index (χ2n) is 7.27. The topological polar surface area (TPSA) is 149 Å². The molecule has 31 heavy (non-hydrogen) atoms. The normalized spacial score (nSPS) is 15.1. The van der Waals surface area contributed by atoms with Crippen LogP contribution >= 0.6 is 7.82 Å². The summed E-state index contributed by atoms with van der Waals surface area (Å²) in [7, 11) is -4.58. The van der Waals surface area contributed by atoms with E-state index in [1.807, 2.05) is 6.92 Å². The van der Waals surface area contributed by atoms with Gasteiger partial charge in [-0.3, -0.25) is 18.6 Å². The lowest BCUT2D eigenvalue weighted by Crippen LogP contribution is -2.28. The average Bonchev–Trinajstić information content (AvgIpc) is 2.74. The van der Waals surface area contributed by atoms with Gasteiger partial charge in [0.2, 0.25) is 0 Å². The van der Waals surface area contributed by atoms with Crippen LogP contribution in [-0.4, -0.2) is 65.7 Å². The first-order valence-electron chi connectivity index (χ1n) is 11.0. The minimum absolute atomic E-state index is 0.169. The summed E-state index contributed by atoms with van der Waals surface area (Å²) in [4.78, 5) is 33.1. The second kappa shape index (κ2) is 18.5. The number of carbonyl (C=O) groups is 2. The van der Waals surface area contributed by atoms with E-state index < -0.39 is 58.4 Å². The standard InChI is InChI=1S/C20H39O10P/c1-3-5-7-8-9-10-12-20(24)30-18(14-22)16-28-31(25,26)27-15-17(13-21)29-19(23)11-6-4-2/h17-18,21-22H,3-16H2,1-2H3,(H,25,26). The van der Waals surface area contributed by atoms with Crippen LogP contribution in [0.2, 0.25) is 0 Å². The molecule has 10 nitrogen and oxygen atoms in total. The van der Waals surface area contributed by atoms with E-state index in [2.05, 4.69) is 6.92 Å². The Hall–Kier alpha value is -1.03. The molecule has 0 aliphatic carbocycles. The molecule has 0 fully saturated rings. The molecule has 184 valence electrons. The molecule has 0 aromatic carbocycles. The quantitative estimate of drug-likeness (QED) is 0.138. The first-order valence-corrected chi connectivity index (χ1v) is 12.5. The van der Waals surface area contributed by atoms with E-state index in [0.717, 1.165) is 38.5 Å². The number of aliphatic hydroxyl groups is 2. The number of phosphoric acid groups is 1. The smallest absolute Gasteiger partial charge is 0.457 e. The zero-order valence-electron chi connectivity index (χ0n) is 18.7. The third-order valence-corrected chi connectivity index (χ3v) is 5.27. The van der Waals surface area contributed by atoms with Crippen molar-refractivity contribution in [3.05, 3.63) is 0 Å². The highest BCUT2D eigenvalue weighted by Crippen LogP contribution is 2.43. The molecular formula is C20H39O10P. The Balaban J connectivity index is 4.23. The van der Waals surface area contributed by atoms with E-state index >= 15 is 0 Å². The van der Waals surface area contributed by atoms with Crippen LogP contribution in [0.3, 0.4) is 0 Å². The van der Waals surface area contributed by atoms with Crippen LogP contribution in [0.15, 0.2) is 0 Å². The zero-order valence-corrected chi connectivity index (χ0v) is 19.6. The maximum absolute atomic E-state index is 12.0. The highest BCUT2D eigenvalue weighted by molar-refractivity contribution is 7.47. The lowest BCUT2D eigenvalue weighted by molar-refractivity contribution is -0.153. The van der Waals surface area contributed by atoms with E-state index in [0.29, 0.717) is 12.8 Å². The number of ether oxygens (including phenoxy) is 2. The zero-order chi connectivity index (χ0) is 23.5. The maximum atomic E-state index is 12.0. The number of esters is 2. The summed E-state index contributed by atoms with van der Waals surface area (Å²) in [6.45, 7) is 1.75. The minimum Gasteiger partial charge on any atom is -0.457 e. The van der Waals surface area contributed by atoms with Gasteiger partial charge in [0, 0.05) is 12.8 Å². The van der Waals surface area contributed by atoms with Crippen molar-refractivity contribution in [2.45, 2.75) is 90.3 Å². The molecule has 0 saturated carbocycles. The lowest BCUT2D eigenvalue weighted by atomic mass is 10.1. The maximum Gasteiger partial charge on any atom is 0.472 e. The fraction of sp³-hybridized carbons (Fsp3) is 0.900. The number of rotatable bonds is 20. The van der Waals surface area contributed by atoms with Gasteiger partial charge in [0.05, 0.1) is 26.4 Å². The molecule has 0 radical (unpaired) electrons. The van der Waals surface area contributed by atoms with Gasteiger partial charge in [0.1, 0.15) is 12.2 Å². The van der Waals surface area contributed by atoms with Crippen molar-refractivity contribution in [3.63, 3.8) is 0 Å². The summed E-state index contributed by atoms with van der Waals surface area (Å²) in [5, 5.41) is 18.5.